The van der Waals surface area contributed by atoms with E-state index in [9.17, 15) is 9.59 Å². The summed E-state index contributed by atoms with van der Waals surface area (Å²) < 4.78 is 6.30. The molecule has 1 N–H and O–H groups in total. The van der Waals surface area contributed by atoms with E-state index in [0.29, 0.717) is 11.5 Å². The number of aromatic nitrogens is 2. The first kappa shape index (κ1) is 25.5. The van der Waals surface area contributed by atoms with Crippen LogP contribution >= 0.6 is 0 Å². The Balaban J connectivity index is 1.69. The lowest BCUT2D eigenvalue weighted by atomic mass is 9.75. The molecule has 1 amide bonds. The number of hydrogen-bond donors (Lipinski definition) is 1. The Morgan fingerprint density at radius 1 is 0.795 bits per heavy atom. The molecule has 4 aromatic rings. The number of esters is 1. The van der Waals surface area contributed by atoms with Crippen molar-refractivity contribution in [3.05, 3.63) is 156 Å². The van der Waals surface area contributed by atoms with Gasteiger partial charge in [-0.3, -0.25) is 4.79 Å². The first-order chi connectivity index (χ1) is 19.1. The normalized spacial score (nSPS) is 13.0. The van der Waals surface area contributed by atoms with Crippen LogP contribution in [0.5, 0.6) is 0 Å². The van der Waals surface area contributed by atoms with Crippen LogP contribution in [-0.4, -0.2) is 33.4 Å². The number of nitrogens with one attached hydrogen (secondary N) is 1. The van der Waals surface area contributed by atoms with Crippen molar-refractivity contribution in [2.75, 3.05) is 12.4 Å². The number of carbonyl (C=O) groups is 2. The summed E-state index contributed by atoms with van der Waals surface area (Å²) in [6.07, 6.45) is 10.8. The average Bonchev–Trinajstić information content (AvgIpc) is 3.18. The fraction of sp³-hybridized carbons (Fsp3) is 0.0938. The number of anilines is 1. The number of ether oxygens (including phenoxy) is 1. The molecule has 0 bridgehead atoms. The van der Waals surface area contributed by atoms with Gasteiger partial charge < -0.3 is 19.5 Å². The fourth-order valence-electron chi connectivity index (χ4n) is 4.93. The summed E-state index contributed by atoms with van der Waals surface area (Å²) in [5.74, 6) is -0.497. The van der Waals surface area contributed by atoms with Crippen molar-refractivity contribution in [2.24, 2.45) is 7.05 Å². The van der Waals surface area contributed by atoms with Crippen LogP contribution in [0.3, 0.4) is 0 Å². The summed E-state index contributed by atoms with van der Waals surface area (Å²) >= 11 is 0. The number of carbonyl (C=O) groups excluding carboxylic acids is 2. The molecule has 7 heteroatoms. The highest BCUT2D eigenvalue weighted by Crippen LogP contribution is 2.45. The Morgan fingerprint density at radius 2 is 1.33 bits per heavy atom. The van der Waals surface area contributed by atoms with Crippen molar-refractivity contribution in [1.82, 2.24) is 14.5 Å². The van der Waals surface area contributed by atoms with Gasteiger partial charge in [0.1, 0.15) is 17.1 Å². The second kappa shape index (κ2) is 11.1. The van der Waals surface area contributed by atoms with Crippen molar-refractivity contribution in [3.8, 4) is 0 Å². The van der Waals surface area contributed by atoms with Crippen molar-refractivity contribution < 1.29 is 14.3 Å². The maximum atomic E-state index is 14.0. The van der Waals surface area contributed by atoms with Gasteiger partial charge in [-0.15, -0.1) is 0 Å². The number of rotatable bonds is 7. The molecule has 0 radical (unpaired) electrons. The predicted octanol–water partition coefficient (Wildman–Crippen LogP) is 5.41. The fourth-order valence-corrected chi connectivity index (χ4v) is 4.93. The number of benzene rings is 3. The minimum absolute atomic E-state index is 0.0893. The van der Waals surface area contributed by atoms with Gasteiger partial charge in [-0.25, -0.2) is 9.78 Å². The third-order valence-corrected chi connectivity index (χ3v) is 6.74. The van der Waals surface area contributed by atoms with Gasteiger partial charge in [0.25, 0.3) is 5.91 Å². The molecule has 5 rings (SSSR count). The standard InChI is InChI=1S/C32H28N4O3/c1-35-28(23-33-29(35)31(38)39-2)34-30(37)27-21-13-6-14-22-36(27)32(24-15-7-3-8-16-24,25-17-9-4-10-18-25)26-19-11-5-12-20-26/h3-23H,1-2H3,(H,34,37). The molecule has 7 nitrogen and oxygen atoms in total. The van der Waals surface area contributed by atoms with Crippen LogP contribution in [0.15, 0.2) is 133 Å². The molecule has 0 atom stereocenters. The van der Waals surface area contributed by atoms with Crippen LogP contribution in [0.2, 0.25) is 0 Å². The summed E-state index contributed by atoms with van der Waals surface area (Å²) in [6.45, 7) is 0. The molecule has 0 unspecified atom stereocenters. The molecule has 1 aromatic heterocycles. The molecule has 1 aliphatic heterocycles. The van der Waals surface area contributed by atoms with Gasteiger partial charge in [-0.2, -0.15) is 0 Å². The number of nitrogens with zero attached hydrogens (tertiary/aromatic N) is 3. The number of allylic oxidation sites excluding steroid dienone is 4. The summed E-state index contributed by atoms with van der Waals surface area (Å²) in [5.41, 5.74) is 2.47. The third-order valence-electron chi connectivity index (χ3n) is 6.74. The van der Waals surface area contributed by atoms with Gasteiger partial charge in [0.05, 0.1) is 13.3 Å². The molecule has 0 aliphatic carbocycles. The van der Waals surface area contributed by atoms with Crippen molar-refractivity contribution >= 4 is 17.7 Å². The highest BCUT2D eigenvalue weighted by atomic mass is 16.5. The van der Waals surface area contributed by atoms with Crippen LogP contribution in [0, 0.1) is 0 Å². The van der Waals surface area contributed by atoms with E-state index in [1.807, 2.05) is 83.9 Å². The zero-order valence-electron chi connectivity index (χ0n) is 21.7. The van der Waals surface area contributed by atoms with E-state index in [1.165, 1.54) is 17.9 Å². The van der Waals surface area contributed by atoms with E-state index >= 15 is 0 Å². The third kappa shape index (κ3) is 4.66. The van der Waals surface area contributed by atoms with Crippen LogP contribution < -0.4 is 5.32 Å². The average molecular weight is 517 g/mol. The Kier molecular flexibility index (Phi) is 7.23. The summed E-state index contributed by atoms with van der Waals surface area (Å²) in [7, 11) is 2.94. The van der Waals surface area contributed by atoms with Gasteiger partial charge in [0.15, 0.2) is 0 Å². The highest BCUT2D eigenvalue weighted by molar-refractivity contribution is 6.04. The van der Waals surface area contributed by atoms with E-state index in [-0.39, 0.29) is 11.7 Å². The summed E-state index contributed by atoms with van der Waals surface area (Å²) in [5, 5.41) is 2.94. The smallest absolute Gasteiger partial charge is 0.374 e. The number of imidazole rings is 1. The van der Waals surface area contributed by atoms with Gasteiger partial charge in [-0.05, 0) is 28.8 Å². The highest BCUT2D eigenvalue weighted by Gasteiger charge is 2.44. The second-order valence-electron chi connectivity index (χ2n) is 8.93. The molecular weight excluding hydrogens is 488 g/mol. The maximum absolute atomic E-state index is 14.0. The van der Waals surface area contributed by atoms with Crippen LogP contribution in [0.25, 0.3) is 0 Å². The van der Waals surface area contributed by atoms with Crippen molar-refractivity contribution in [3.63, 3.8) is 0 Å². The van der Waals surface area contributed by atoms with E-state index in [1.54, 1.807) is 13.1 Å². The van der Waals surface area contributed by atoms with Crippen molar-refractivity contribution in [1.29, 1.82) is 0 Å². The Labute approximate surface area is 227 Å². The first-order valence-corrected chi connectivity index (χ1v) is 12.5. The van der Waals surface area contributed by atoms with E-state index in [0.717, 1.165) is 16.7 Å². The number of amides is 1. The molecule has 39 heavy (non-hydrogen) atoms. The van der Waals surface area contributed by atoms with Gasteiger partial charge in [0, 0.05) is 13.2 Å². The van der Waals surface area contributed by atoms with E-state index in [2.05, 4.69) is 46.7 Å². The molecule has 1 aliphatic rings. The Hall–Kier alpha value is -5.17. The zero-order chi connectivity index (χ0) is 27.2. The van der Waals surface area contributed by atoms with Gasteiger partial charge >= 0.3 is 5.97 Å². The molecule has 0 saturated carbocycles. The minimum Gasteiger partial charge on any atom is -0.463 e. The minimum atomic E-state index is -0.890. The molecule has 3 aromatic carbocycles. The van der Waals surface area contributed by atoms with Gasteiger partial charge in [-0.1, -0.05) is 103 Å². The molecule has 0 saturated heterocycles. The summed E-state index contributed by atoms with van der Waals surface area (Å²) in [6, 6.07) is 30.4. The maximum Gasteiger partial charge on any atom is 0.374 e. The lowest BCUT2D eigenvalue weighted by Gasteiger charge is -2.45. The molecule has 0 fully saturated rings. The number of hydrogen-bond acceptors (Lipinski definition) is 5. The van der Waals surface area contributed by atoms with Crippen molar-refractivity contribution in [2.45, 2.75) is 5.54 Å². The lowest BCUT2D eigenvalue weighted by molar-refractivity contribution is -0.114. The van der Waals surface area contributed by atoms with Crippen LogP contribution in [0.4, 0.5) is 5.82 Å². The Bertz CT molecular complexity index is 1460. The molecular formula is C32H28N4O3. The topological polar surface area (TPSA) is 76.5 Å². The van der Waals surface area contributed by atoms with E-state index < -0.39 is 11.5 Å². The van der Waals surface area contributed by atoms with Crippen LogP contribution in [-0.2, 0) is 22.1 Å². The molecule has 0 spiro atoms. The van der Waals surface area contributed by atoms with Crippen LogP contribution in [0.1, 0.15) is 27.3 Å². The van der Waals surface area contributed by atoms with Gasteiger partial charge in [0.2, 0.25) is 5.82 Å². The zero-order valence-corrected chi connectivity index (χ0v) is 21.7. The SMILES string of the molecule is COC(=O)c1ncc(NC(=O)C2=CC=CC=CN2C(c2ccccc2)(c2ccccc2)c2ccccc2)n1C. The predicted molar refractivity (Wildman–Crippen MR) is 151 cm³/mol. The molecule has 2 heterocycles. The monoisotopic (exact) mass is 516 g/mol. The lowest BCUT2D eigenvalue weighted by Crippen LogP contribution is -2.47. The first-order valence-electron chi connectivity index (χ1n) is 12.5. The second-order valence-corrected chi connectivity index (χ2v) is 8.93. The quantitative estimate of drug-likeness (QED) is 0.263. The summed E-state index contributed by atoms with van der Waals surface area (Å²) in [4.78, 5) is 32.2. The largest absolute Gasteiger partial charge is 0.463 e. The Morgan fingerprint density at radius 3 is 1.85 bits per heavy atom. The molecule has 194 valence electrons. The number of methoxy groups -OCH3 is 1. The van der Waals surface area contributed by atoms with E-state index in [4.69, 9.17) is 4.74 Å².